The molecule has 0 unspecified atom stereocenters. The molecule has 0 aromatic heterocycles. The predicted octanol–water partition coefficient (Wildman–Crippen LogP) is -18.5. The molecule has 0 aromatic carbocycles. The van der Waals surface area contributed by atoms with Gasteiger partial charge in [-0.2, -0.15) is 0 Å². The number of carbonyl (C=O) groups is 4. The molecule has 0 saturated carbocycles. The molecule has 0 aliphatic heterocycles. The molecule has 0 bridgehead atoms. The van der Waals surface area contributed by atoms with Crippen LogP contribution in [-0.4, -0.2) is 51.4 Å². The minimum atomic E-state index is -2.43. The molecule has 0 fully saturated rings. The molecule has 138 valence electrons. The van der Waals surface area contributed by atoms with Crippen molar-refractivity contribution in [3.8, 4) is 0 Å². The van der Waals surface area contributed by atoms with Crippen LogP contribution < -0.4 is 121 Å². The average Bonchev–Trinajstić information content (AvgIpc) is 2.10. The second-order valence-electron chi connectivity index (χ2n) is 4.51. The second-order valence-corrected chi connectivity index (χ2v) is 4.51. The van der Waals surface area contributed by atoms with Gasteiger partial charge in [0.05, 0.1) is 0 Å². The van der Waals surface area contributed by atoms with E-state index >= 15 is 0 Å². The van der Waals surface area contributed by atoms with Crippen LogP contribution >= 0.6 is 0 Å². The summed E-state index contributed by atoms with van der Waals surface area (Å²) >= 11 is 0. The summed E-state index contributed by atoms with van der Waals surface area (Å²) < 4.78 is 0. The number of rotatable bonds is 9. The van der Waals surface area contributed by atoms with Crippen molar-refractivity contribution in [2.45, 2.75) is 36.8 Å². The van der Waals surface area contributed by atoms with Crippen LogP contribution in [0.1, 0.15) is 25.7 Å². The van der Waals surface area contributed by atoms with Crippen LogP contribution in [0.5, 0.6) is 0 Å². The van der Waals surface area contributed by atoms with E-state index in [1.54, 1.807) is 0 Å². The zero-order valence-corrected chi connectivity index (χ0v) is 20.7. The first-order valence-electron chi connectivity index (χ1n) is 5.29. The van der Waals surface area contributed by atoms with E-state index in [2.05, 4.69) is 0 Å². The van der Waals surface area contributed by atoms with Gasteiger partial charge in [0.25, 0.3) is 0 Å². The van der Waals surface area contributed by atoms with Crippen molar-refractivity contribution in [2.24, 2.45) is 11.5 Å². The third kappa shape index (κ3) is 15.7. The summed E-state index contributed by atoms with van der Waals surface area (Å²) in [6, 6.07) is 0. The molecular weight excluding hydrogens is 393 g/mol. The Kier molecular flexibility index (Phi) is 33.2. The Balaban J connectivity index is -0.000000120. The monoisotopic (exact) mass is 411 g/mol. The van der Waals surface area contributed by atoms with Crippen LogP contribution in [-0.2, 0) is 19.2 Å². The molecule has 0 rings (SSSR count). The molecule has 0 amide bonds. The molecule has 10 N–H and O–H groups in total. The van der Waals surface area contributed by atoms with E-state index in [4.69, 9.17) is 11.5 Å². The largest absolute Gasteiger partial charge is 1.00 e. The summed E-state index contributed by atoms with van der Waals surface area (Å²) in [5.74, 6) is -7.33. The van der Waals surface area contributed by atoms with Gasteiger partial charge in [-0.25, -0.2) is 0 Å². The number of hydrogen-bond donors (Lipinski definition) is 2. The van der Waals surface area contributed by atoms with Gasteiger partial charge < -0.3 is 67.5 Å². The quantitative estimate of drug-likeness (QED) is 0.337. The van der Waals surface area contributed by atoms with Crippen LogP contribution in [0.4, 0.5) is 0 Å². The number of aliphatic carboxylic acids is 4. The first-order valence-corrected chi connectivity index (χ1v) is 5.29. The van der Waals surface area contributed by atoms with E-state index in [-0.39, 0.29) is 105 Å². The second kappa shape index (κ2) is 19.0. The maximum atomic E-state index is 10.6. The molecule has 0 aromatic rings. The van der Waals surface area contributed by atoms with Gasteiger partial charge in [-0.05, 0) is 0 Å². The van der Waals surface area contributed by atoms with Crippen LogP contribution in [0.15, 0.2) is 0 Å². The van der Waals surface area contributed by atoms with Crippen molar-refractivity contribution in [1.29, 1.82) is 0 Å². The zero-order chi connectivity index (χ0) is 16.1. The Bertz CT molecular complexity index is 378. The Morgan fingerprint density at radius 1 is 0.538 bits per heavy atom. The van der Waals surface area contributed by atoms with Crippen molar-refractivity contribution in [3.63, 3.8) is 0 Å². The van der Waals surface area contributed by atoms with Crippen molar-refractivity contribution in [1.82, 2.24) is 0 Å². The molecule has 0 saturated heterocycles. The van der Waals surface area contributed by atoms with Crippen molar-refractivity contribution < 1.29 is 145 Å². The Morgan fingerprint density at radius 2 is 0.654 bits per heavy atom. The molecule has 13 nitrogen and oxygen atoms in total. The van der Waals surface area contributed by atoms with E-state index in [1.165, 1.54) is 0 Å². The molecule has 16 heteroatoms. The molecule has 26 heavy (non-hydrogen) atoms. The first-order chi connectivity index (χ1) is 8.92. The summed E-state index contributed by atoms with van der Waals surface area (Å²) in [5.41, 5.74) is 6.20. The fourth-order valence-corrected chi connectivity index (χ4v) is 1.86. The Hall–Kier alpha value is 0.680. The third-order valence-electron chi connectivity index (χ3n) is 2.83. The van der Waals surface area contributed by atoms with Gasteiger partial charge in [-0.15, -0.1) is 0 Å². The number of carboxylic acid groups (broad SMARTS) is 4. The van der Waals surface area contributed by atoms with Gasteiger partial charge in [0.1, 0.15) is 0 Å². The molecular formula is C10H18N2Na3O11-. The topological polar surface area (TPSA) is 307 Å². The minimum absolute atomic E-state index is 0. The van der Waals surface area contributed by atoms with Crippen LogP contribution in [0.2, 0.25) is 0 Å². The van der Waals surface area contributed by atoms with Crippen molar-refractivity contribution in [2.75, 3.05) is 0 Å². The van der Waals surface area contributed by atoms with Gasteiger partial charge in [-0.3, -0.25) is 0 Å². The summed E-state index contributed by atoms with van der Waals surface area (Å²) in [6.45, 7) is 0. The van der Waals surface area contributed by atoms with E-state index in [9.17, 15) is 39.6 Å². The molecule has 0 atom stereocenters. The van der Waals surface area contributed by atoms with Gasteiger partial charge in [0.15, 0.2) is 0 Å². The maximum Gasteiger partial charge on any atom is 1.00 e. The fourth-order valence-electron chi connectivity index (χ4n) is 1.86. The van der Waals surface area contributed by atoms with Crippen molar-refractivity contribution in [3.05, 3.63) is 0 Å². The summed E-state index contributed by atoms with van der Waals surface area (Å²) in [7, 11) is 0. The summed E-state index contributed by atoms with van der Waals surface area (Å²) in [4.78, 5) is 42.5. The summed E-state index contributed by atoms with van der Waals surface area (Å²) in [5, 5.41) is 42.5. The van der Waals surface area contributed by atoms with E-state index in [0.29, 0.717) is 0 Å². The maximum absolute atomic E-state index is 10.6. The number of carboxylic acids is 4. The third-order valence-corrected chi connectivity index (χ3v) is 2.83. The number of nitrogens with two attached hydrogens (primary N) is 2. The van der Waals surface area contributed by atoms with E-state index in [0.717, 1.165) is 0 Å². The predicted molar refractivity (Wildman–Crippen MR) is 63.2 cm³/mol. The standard InChI is InChI=1S/C10H16N2O8.3Na.3H2O/c11-9(1-5(13)14,2-6(15)16)10(12,3-7(17)18)4-8(19)20;;;;;;/h1-4,11-12H2,(H,13,14)(H,15,16)(H,17,18)(H,19,20);;;;3*1H2/q;3*+1;;;/p-4. The minimum Gasteiger partial charge on any atom is -0.550 e. The Morgan fingerprint density at radius 3 is 0.731 bits per heavy atom. The number of hydrogen-bond acceptors (Lipinski definition) is 10. The van der Waals surface area contributed by atoms with E-state index < -0.39 is 60.6 Å². The van der Waals surface area contributed by atoms with Crippen LogP contribution in [0, 0.1) is 0 Å². The van der Waals surface area contributed by atoms with Crippen molar-refractivity contribution >= 4 is 23.9 Å². The Labute approximate surface area is 214 Å². The first kappa shape index (κ1) is 45.4. The molecule has 0 heterocycles. The molecule has 0 radical (unpaired) electrons. The van der Waals surface area contributed by atoms with Crippen LogP contribution in [0.25, 0.3) is 0 Å². The van der Waals surface area contributed by atoms with Gasteiger partial charge in [0.2, 0.25) is 0 Å². The van der Waals surface area contributed by atoms with Gasteiger partial charge in [0, 0.05) is 60.6 Å². The van der Waals surface area contributed by atoms with Gasteiger partial charge >= 0.3 is 88.7 Å². The fraction of sp³-hybridized carbons (Fsp3) is 0.600. The van der Waals surface area contributed by atoms with Crippen LogP contribution in [0.3, 0.4) is 0 Å². The van der Waals surface area contributed by atoms with E-state index in [1.807, 2.05) is 0 Å². The molecule has 0 aliphatic carbocycles. The molecule has 0 spiro atoms. The normalized spacial score (nSPS) is 9.15. The zero-order valence-electron chi connectivity index (χ0n) is 14.7. The van der Waals surface area contributed by atoms with Gasteiger partial charge in [-0.1, -0.05) is 0 Å². The smallest absolute Gasteiger partial charge is 0.550 e. The number of carbonyl (C=O) groups excluding carboxylic acids is 4. The summed E-state index contributed by atoms with van der Waals surface area (Å²) in [6.07, 6.45) is -4.73. The average molecular weight is 411 g/mol. The SMILES string of the molecule is NC(CC(=O)[O-])(CC(=O)[O-])C(N)(CC(=O)[O-])CC(=O)[O-].O.O.O.[Na+].[Na+].[Na+]. The molecule has 0 aliphatic rings.